The van der Waals surface area contributed by atoms with Gasteiger partial charge in [-0.3, -0.25) is 4.79 Å². The van der Waals surface area contributed by atoms with E-state index in [9.17, 15) is 4.79 Å². The Bertz CT molecular complexity index is 350. The van der Waals surface area contributed by atoms with E-state index in [-0.39, 0.29) is 11.4 Å². The van der Waals surface area contributed by atoms with Crippen molar-refractivity contribution in [1.29, 1.82) is 0 Å². The molecule has 1 heterocycles. The standard InChI is InChI=1S/C11H17BrN2O2/c1-3-11(4-2,7-13)14-10(15)8-5-9(12)16-6-8/h5-6H,3-4,7,13H2,1-2H3,(H,14,15). The van der Waals surface area contributed by atoms with E-state index in [0.717, 1.165) is 12.8 Å². The lowest BCUT2D eigenvalue weighted by molar-refractivity contribution is 0.0894. The zero-order chi connectivity index (χ0) is 12.2. The van der Waals surface area contributed by atoms with Gasteiger partial charge in [0.2, 0.25) is 0 Å². The van der Waals surface area contributed by atoms with Crippen LogP contribution >= 0.6 is 15.9 Å². The van der Waals surface area contributed by atoms with Crippen molar-refractivity contribution in [2.24, 2.45) is 5.73 Å². The van der Waals surface area contributed by atoms with Crippen LogP contribution in [0.4, 0.5) is 0 Å². The summed E-state index contributed by atoms with van der Waals surface area (Å²) >= 11 is 3.16. The van der Waals surface area contributed by atoms with Crippen molar-refractivity contribution >= 4 is 21.8 Å². The molecule has 4 nitrogen and oxygen atoms in total. The largest absolute Gasteiger partial charge is 0.457 e. The average Bonchev–Trinajstić information content (AvgIpc) is 2.73. The molecule has 0 aliphatic rings. The molecule has 90 valence electrons. The molecule has 1 rings (SSSR count). The third kappa shape index (κ3) is 2.86. The first-order valence-corrected chi connectivity index (χ1v) is 6.13. The van der Waals surface area contributed by atoms with E-state index in [1.165, 1.54) is 6.26 Å². The molecule has 0 radical (unpaired) electrons. The van der Waals surface area contributed by atoms with Crippen molar-refractivity contribution in [1.82, 2.24) is 5.32 Å². The van der Waals surface area contributed by atoms with E-state index in [1.807, 2.05) is 13.8 Å². The number of hydrogen-bond donors (Lipinski definition) is 2. The lowest BCUT2D eigenvalue weighted by atomic mass is 9.92. The van der Waals surface area contributed by atoms with Gasteiger partial charge in [0, 0.05) is 12.6 Å². The molecule has 16 heavy (non-hydrogen) atoms. The number of rotatable bonds is 5. The molecular weight excluding hydrogens is 272 g/mol. The molecule has 0 saturated carbocycles. The van der Waals surface area contributed by atoms with Crippen LogP contribution < -0.4 is 11.1 Å². The maximum Gasteiger partial charge on any atom is 0.255 e. The summed E-state index contributed by atoms with van der Waals surface area (Å²) in [7, 11) is 0. The molecule has 0 fully saturated rings. The second kappa shape index (κ2) is 5.50. The fourth-order valence-corrected chi connectivity index (χ4v) is 1.85. The van der Waals surface area contributed by atoms with Crippen LogP contribution in [0, 0.1) is 0 Å². The van der Waals surface area contributed by atoms with Gasteiger partial charge in [0.15, 0.2) is 4.67 Å². The predicted molar refractivity (Wildman–Crippen MR) is 66.2 cm³/mol. The maximum atomic E-state index is 11.9. The Morgan fingerprint density at radius 1 is 1.56 bits per heavy atom. The minimum Gasteiger partial charge on any atom is -0.457 e. The van der Waals surface area contributed by atoms with Gasteiger partial charge in [-0.2, -0.15) is 0 Å². The summed E-state index contributed by atoms with van der Waals surface area (Å²) in [4.78, 5) is 11.9. The van der Waals surface area contributed by atoms with E-state index < -0.39 is 0 Å². The highest BCUT2D eigenvalue weighted by Gasteiger charge is 2.27. The van der Waals surface area contributed by atoms with Gasteiger partial charge in [0.05, 0.1) is 11.1 Å². The summed E-state index contributed by atoms with van der Waals surface area (Å²) in [6.07, 6.45) is 3.04. The van der Waals surface area contributed by atoms with E-state index in [0.29, 0.717) is 16.8 Å². The highest BCUT2D eigenvalue weighted by Crippen LogP contribution is 2.17. The van der Waals surface area contributed by atoms with Gasteiger partial charge in [-0.05, 0) is 28.8 Å². The zero-order valence-corrected chi connectivity index (χ0v) is 11.1. The molecule has 5 heteroatoms. The Kier molecular flexibility index (Phi) is 4.56. The average molecular weight is 289 g/mol. The molecule has 0 unspecified atom stereocenters. The third-order valence-electron chi connectivity index (χ3n) is 2.95. The smallest absolute Gasteiger partial charge is 0.255 e. The van der Waals surface area contributed by atoms with Crippen molar-refractivity contribution in [3.63, 3.8) is 0 Å². The number of hydrogen-bond acceptors (Lipinski definition) is 3. The normalized spacial score (nSPS) is 11.5. The first kappa shape index (κ1) is 13.3. The number of furan rings is 1. The van der Waals surface area contributed by atoms with Gasteiger partial charge in [0.25, 0.3) is 5.91 Å². The maximum absolute atomic E-state index is 11.9. The molecule has 0 bridgehead atoms. The van der Waals surface area contributed by atoms with Crippen LogP contribution in [0.15, 0.2) is 21.4 Å². The molecular formula is C11H17BrN2O2. The summed E-state index contributed by atoms with van der Waals surface area (Å²) in [6.45, 7) is 4.47. The van der Waals surface area contributed by atoms with E-state index in [2.05, 4.69) is 21.2 Å². The lowest BCUT2D eigenvalue weighted by Crippen LogP contribution is -2.52. The monoisotopic (exact) mass is 288 g/mol. The number of carbonyl (C=O) groups is 1. The van der Waals surface area contributed by atoms with Gasteiger partial charge >= 0.3 is 0 Å². The number of carbonyl (C=O) groups excluding carboxylic acids is 1. The molecule has 1 aromatic rings. The Morgan fingerprint density at radius 2 is 2.19 bits per heavy atom. The van der Waals surface area contributed by atoms with Crippen LogP contribution in [0.5, 0.6) is 0 Å². The Hall–Kier alpha value is -0.810. The van der Waals surface area contributed by atoms with Crippen LogP contribution in [0.3, 0.4) is 0 Å². The zero-order valence-electron chi connectivity index (χ0n) is 9.55. The summed E-state index contributed by atoms with van der Waals surface area (Å²) in [5.41, 5.74) is 5.90. The second-order valence-electron chi connectivity index (χ2n) is 3.79. The molecule has 0 spiro atoms. The molecule has 0 saturated heterocycles. The minimum atomic E-state index is -0.319. The highest BCUT2D eigenvalue weighted by molar-refractivity contribution is 9.10. The number of nitrogens with two attached hydrogens (primary N) is 1. The summed E-state index contributed by atoms with van der Waals surface area (Å²) < 4.78 is 5.57. The van der Waals surface area contributed by atoms with Crippen molar-refractivity contribution < 1.29 is 9.21 Å². The molecule has 1 amide bonds. The van der Waals surface area contributed by atoms with E-state index in [4.69, 9.17) is 10.2 Å². The molecule has 3 N–H and O–H groups in total. The Morgan fingerprint density at radius 3 is 2.56 bits per heavy atom. The van der Waals surface area contributed by atoms with Crippen LogP contribution in [0.1, 0.15) is 37.0 Å². The van der Waals surface area contributed by atoms with Gasteiger partial charge in [0.1, 0.15) is 6.26 Å². The highest BCUT2D eigenvalue weighted by atomic mass is 79.9. The van der Waals surface area contributed by atoms with Crippen molar-refractivity contribution in [2.75, 3.05) is 6.54 Å². The number of amides is 1. The Labute approximate surface area is 104 Å². The van der Waals surface area contributed by atoms with Crippen LogP contribution in [0.2, 0.25) is 0 Å². The van der Waals surface area contributed by atoms with Crippen molar-refractivity contribution in [2.45, 2.75) is 32.2 Å². The van der Waals surface area contributed by atoms with Crippen LogP contribution in [-0.4, -0.2) is 18.0 Å². The first-order valence-electron chi connectivity index (χ1n) is 5.33. The molecule has 1 aromatic heterocycles. The van der Waals surface area contributed by atoms with Crippen LogP contribution in [-0.2, 0) is 0 Å². The summed E-state index contributed by atoms with van der Waals surface area (Å²) in [6, 6.07) is 1.64. The van der Waals surface area contributed by atoms with Gasteiger partial charge in [-0.25, -0.2) is 0 Å². The second-order valence-corrected chi connectivity index (χ2v) is 4.57. The minimum absolute atomic E-state index is 0.149. The van der Waals surface area contributed by atoms with Gasteiger partial charge in [-0.1, -0.05) is 13.8 Å². The van der Waals surface area contributed by atoms with Crippen molar-refractivity contribution in [3.8, 4) is 0 Å². The number of nitrogens with one attached hydrogen (secondary N) is 1. The fourth-order valence-electron chi connectivity index (χ4n) is 1.51. The van der Waals surface area contributed by atoms with E-state index in [1.54, 1.807) is 6.07 Å². The number of halogens is 1. The Balaban J connectivity index is 2.76. The summed E-state index contributed by atoms with van der Waals surface area (Å²) in [5.74, 6) is -0.149. The third-order valence-corrected chi connectivity index (χ3v) is 3.37. The van der Waals surface area contributed by atoms with Gasteiger partial charge < -0.3 is 15.5 Å². The predicted octanol–water partition coefficient (Wildman–Crippen LogP) is 2.29. The lowest BCUT2D eigenvalue weighted by Gasteiger charge is -2.31. The quantitative estimate of drug-likeness (QED) is 0.873. The summed E-state index contributed by atoms with van der Waals surface area (Å²) in [5, 5.41) is 2.96. The molecule has 0 aliphatic heterocycles. The first-order chi connectivity index (χ1) is 7.56. The molecule has 0 atom stereocenters. The van der Waals surface area contributed by atoms with Gasteiger partial charge in [-0.15, -0.1) is 0 Å². The SMILES string of the molecule is CCC(CC)(CN)NC(=O)c1coc(Br)c1. The van der Waals surface area contributed by atoms with E-state index >= 15 is 0 Å². The van der Waals surface area contributed by atoms with Crippen molar-refractivity contribution in [3.05, 3.63) is 22.6 Å². The fraction of sp³-hybridized carbons (Fsp3) is 0.545. The topological polar surface area (TPSA) is 68.3 Å². The van der Waals surface area contributed by atoms with Crippen LogP contribution in [0.25, 0.3) is 0 Å². The molecule has 0 aliphatic carbocycles. The molecule has 0 aromatic carbocycles.